The zero-order chi connectivity index (χ0) is 35.3. The first kappa shape index (κ1) is 33.5. The number of benzene rings is 1. The van der Waals surface area contributed by atoms with Crippen LogP contribution in [0.3, 0.4) is 0 Å². The summed E-state index contributed by atoms with van der Waals surface area (Å²) in [4.78, 5) is 77.3. The fourth-order valence-corrected chi connectivity index (χ4v) is 8.11. The van der Waals surface area contributed by atoms with E-state index in [1.54, 1.807) is 10.6 Å². The molecule has 3 aliphatic heterocycles. The Labute approximate surface area is 291 Å². The Morgan fingerprint density at radius 1 is 1.22 bits per heavy atom. The van der Waals surface area contributed by atoms with E-state index in [2.05, 4.69) is 20.8 Å². The van der Waals surface area contributed by atoms with E-state index < -0.39 is 53.0 Å². The van der Waals surface area contributed by atoms with Crippen molar-refractivity contribution in [2.24, 2.45) is 5.16 Å². The number of ether oxygens (including phenoxy) is 1. The smallest absolute Gasteiger partial charge is 0.352 e. The van der Waals surface area contributed by atoms with Crippen LogP contribution in [0.25, 0.3) is 10.9 Å². The summed E-state index contributed by atoms with van der Waals surface area (Å²) in [6.45, 7) is 2.11. The number of nitrogen functional groups attached to an aromatic ring is 1. The number of fused-ring (bicyclic) bond motifs is 2. The standard InChI is InChI=1S/C31H31FN8O8S2/c1-47-37-22(19-13-50-31(33)35-19)26(42)36-23-27(43)40-24(29(44)45)14(12-49-28(23)40)11-48-30(46)17-10-39(15-2-3-15)20-9-21(38-6-4-34-5-7-38)18(32)8-16(20)25(17)41/h8-10,13,15,23,28,34H,2-7,11-12H2,1H3,(H2,33,35)(H,36,42)(H,44,45)/b37-22-/t23-,28-/m1/s1. The molecule has 2 saturated heterocycles. The van der Waals surface area contributed by atoms with Gasteiger partial charge in [0.1, 0.15) is 47.9 Å². The van der Waals surface area contributed by atoms with E-state index >= 15 is 4.39 Å². The molecule has 1 aromatic carbocycles. The summed E-state index contributed by atoms with van der Waals surface area (Å²) in [6.07, 6.45) is 3.08. The summed E-state index contributed by atoms with van der Waals surface area (Å²) in [5.41, 5.74) is 5.23. The van der Waals surface area contributed by atoms with Gasteiger partial charge in [-0.2, -0.15) is 0 Å². The maximum Gasteiger partial charge on any atom is 0.352 e. The molecular weight excluding hydrogens is 696 g/mol. The van der Waals surface area contributed by atoms with Crippen LogP contribution in [0.1, 0.15) is 34.9 Å². The molecule has 16 nitrogen and oxygen atoms in total. The molecule has 0 radical (unpaired) electrons. The number of hydrogen-bond acceptors (Lipinski definition) is 14. The molecule has 2 aromatic heterocycles. The lowest BCUT2D eigenvalue weighted by molar-refractivity contribution is -0.150. The number of carbonyl (C=O) groups excluding carboxylic acids is 3. The van der Waals surface area contributed by atoms with Crippen molar-refractivity contribution in [3.8, 4) is 0 Å². The summed E-state index contributed by atoms with van der Waals surface area (Å²) in [5.74, 6) is -4.44. The van der Waals surface area contributed by atoms with Crippen LogP contribution >= 0.6 is 23.1 Å². The van der Waals surface area contributed by atoms with Gasteiger partial charge in [0.25, 0.3) is 11.8 Å². The molecule has 19 heteroatoms. The van der Waals surface area contributed by atoms with E-state index in [9.17, 15) is 29.1 Å². The molecule has 2 amide bonds. The van der Waals surface area contributed by atoms with Crippen molar-refractivity contribution in [3.05, 3.63) is 62.3 Å². The highest BCUT2D eigenvalue weighted by molar-refractivity contribution is 8.00. The van der Waals surface area contributed by atoms with Gasteiger partial charge in [0.2, 0.25) is 5.43 Å². The molecule has 5 heterocycles. The summed E-state index contributed by atoms with van der Waals surface area (Å²) in [5, 5.41) is 20.5. The number of β-lactam (4-membered cyclic amide) rings is 1. The highest BCUT2D eigenvalue weighted by atomic mass is 32.2. The van der Waals surface area contributed by atoms with Crippen LogP contribution in [0.15, 0.2) is 44.9 Å². The minimum Gasteiger partial charge on any atom is -0.477 e. The second-order valence-corrected chi connectivity index (χ2v) is 14.0. The fourth-order valence-electron chi connectivity index (χ4n) is 6.23. The highest BCUT2D eigenvalue weighted by Gasteiger charge is 2.54. The molecule has 4 aliphatic rings. The number of carboxylic acid groups (broad SMARTS) is 1. The molecule has 0 bridgehead atoms. The monoisotopic (exact) mass is 726 g/mol. The van der Waals surface area contributed by atoms with Crippen LogP contribution in [0.5, 0.6) is 0 Å². The van der Waals surface area contributed by atoms with Gasteiger partial charge in [0.05, 0.1) is 11.2 Å². The number of carbonyl (C=O) groups is 4. The molecule has 3 aromatic rings. The van der Waals surface area contributed by atoms with Gasteiger partial charge in [0.15, 0.2) is 10.8 Å². The van der Waals surface area contributed by atoms with Crippen LogP contribution < -0.4 is 26.7 Å². The van der Waals surface area contributed by atoms with Gasteiger partial charge < -0.3 is 40.5 Å². The van der Waals surface area contributed by atoms with Gasteiger partial charge in [-0.05, 0) is 25.0 Å². The van der Waals surface area contributed by atoms with Crippen molar-refractivity contribution in [2.75, 3.05) is 56.3 Å². The molecule has 0 unspecified atom stereocenters. The number of amides is 2. The number of thioether (sulfide) groups is 1. The Kier molecular flexibility index (Phi) is 8.95. The summed E-state index contributed by atoms with van der Waals surface area (Å²) in [7, 11) is 1.24. The number of nitrogens with two attached hydrogens (primary N) is 1. The molecule has 3 fully saturated rings. The Bertz CT molecular complexity index is 2050. The van der Waals surface area contributed by atoms with Crippen molar-refractivity contribution < 1.29 is 38.2 Å². The maximum absolute atomic E-state index is 15.4. The van der Waals surface area contributed by atoms with Crippen LogP contribution in [0.2, 0.25) is 0 Å². The van der Waals surface area contributed by atoms with Crippen molar-refractivity contribution in [3.63, 3.8) is 0 Å². The number of thiazole rings is 1. The minimum absolute atomic E-state index is 0.0290. The molecular formula is C31H31FN8O8S2. The van der Waals surface area contributed by atoms with Gasteiger partial charge in [-0.1, -0.05) is 5.16 Å². The summed E-state index contributed by atoms with van der Waals surface area (Å²) >= 11 is 2.24. The van der Waals surface area contributed by atoms with E-state index in [4.69, 9.17) is 15.3 Å². The quantitative estimate of drug-likeness (QED) is 0.0991. The predicted molar refractivity (Wildman–Crippen MR) is 182 cm³/mol. The first-order valence-corrected chi connectivity index (χ1v) is 17.5. The Morgan fingerprint density at radius 2 is 1.98 bits per heavy atom. The second-order valence-electron chi connectivity index (χ2n) is 12.0. The molecule has 5 N–H and O–H groups in total. The zero-order valence-corrected chi connectivity index (χ0v) is 28.1. The number of aliphatic carboxylic acids is 1. The lowest BCUT2D eigenvalue weighted by Crippen LogP contribution is -2.71. The number of carboxylic acids is 1. The van der Waals surface area contributed by atoms with Crippen LogP contribution in [-0.2, 0) is 24.0 Å². The first-order chi connectivity index (χ1) is 24.1. The number of rotatable bonds is 10. The average molecular weight is 727 g/mol. The van der Waals surface area contributed by atoms with Gasteiger partial charge in [0, 0.05) is 60.5 Å². The lowest BCUT2D eigenvalue weighted by Gasteiger charge is -2.49. The molecule has 1 aliphatic carbocycles. The van der Waals surface area contributed by atoms with E-state index in [1.165, 1.54) is 18.7 Å². The normalized spacial score (nSPS) is 20.8. The lowest BCUT2D eigenvalue weighted by atomic mass is 10.0. The van der Waals surface area contributed by atoms with E-state index in [1.807, 2.05) is 4.90 Å². The fraction of sp³-hybridized carbons (Fsp3) is 0.387. The van der Waals surface area contributed by atoms with E-state index in [0.29, 0.717) is 37.4 Å². The van der Waals surface area contributed by atoms with Crippen LogP contribution in [0, 0.1) is 5.82 Å². The SMILES string of the molecule is CO/N=C(\C(=O)N[C@@H]1C(=O)N2C(C(=O)O)=C(COC(=O)c3cn(C4CC4)c4cc(N5CCNCC5)c(F)cc4c3=O)CS[C@H]12)c1csc(N)n1. The minimum atomic E-state index is -1.43. The molecule has 0 spiro atoms. The molecule has 262 valence electrons. The largest absolute Gasteiger partial charge is 0.477 e. The number of anilines is 2. The van der Waals surface area contributed by atoms with Gasteiger partial charge >= 0.3 is 11.9 Å². The summed E-state index contributed by atoms with van der Waals surface area (Å²) < 4.78 is 22.6. The Hall–Kier alpha value is -5.01. The van der Waals surface area contributed by atoms with Crippen molar-refractivity contribution in [1.82, 2.24) is 25.1 Å². The van der Waals surface area contributed by atoms with E-state index in [-0.39, 0.29) is 50.6 Å². The Morgan fingerprint density at radius 3 is 2.64 bits per heavy atom. The summed E-state index contributed by atoms with van der Waals surface area (Å²) in [6, 6.07) is 1.76. The van der Waals surface area contributed by atoms with Gasteiger partial charge in [-0.3, -0.25) is 19.3 Å². The third kappa shape index (κ3) is 6.04. The number of nitrogens with one attached hydrogen (secondary N) is 2. The number of esters is 1. The van der Waals surface area contributed by atoms with Crippen molar-refractivity contribution >= 4 is 74.3 Å². The molecule has 7 rings (SSSR count). The Balaban J connectivity index is 1.10. The van der Waals surface area contributed by atoms with Gasteiger partial charge in [-0.25, -0.2) is 19.0 Å². The number of pyridine rings is 1. The van der Waals surface area contributed by atoms with Crippen LogP contribution in [-0.4, -0.2) is 106 Å². The van der Waals surface area contributed by atoms with Crippen molar-refractivity contribution in [1.29, 1.82) is 0 Å². The second kappa shape index (κ2) is 13.4. The first-order valence-electron chi connectivity index (χ1n) is 15.6. The molecule has 2 atom stereocenters. The molecule has 1 saturated carbocycles. The van der Waals surface area contributed by atoms with Crippen molar-refractivity contribution in [2.45, 2.75) is 30.3 Å². The number of hydrogen-bond donors (Lipinski definition) is 4. The number of piperazine rings is 1. The third-order valence-corrected chi connectivity index (χ3v) is 10.8. The maximum atomic E-state index is 15.4. The number of aromatic nitrogens is 2. The zero-order valence-electron chi connectivity index (χ0n) is 26.5. The predicted octanol–water partition coefficient (Wildman–Crippen LogP) is 0.870. The average Bonchev–Trinajstić information content (AvgIpc) is 3.87. The highest BCUT2D eigenvalue weighted by Crippen LogP contribution is 2.41. The van der Waals surface area contributed by atoms with E-state index in [0.717, 1.165) is 46.9 Å². The number of nitrogens with zero attached hydrogens (tertiary/aromatic N) is 5. The topological polar surface area (TPSA) is 211 Å². The molecule has 50 heavy (non-hydrogen) atoms. The number of oxime groups is 1. The number of halogens is 1. The third-order valence-electron chi connectivity index (χ3n) is 8.79. The van der Waals surface area contributed by atoms with Gasteiger partial charge in [-0.15, -0.1) is 23.1 Å². The van der Waals surface area contributed by atoms with Crippen LogP contribution in [0.4, 0.5) is 15.2 Å².